The first-order valence-corrected chi connectivity index (χ1v) is 6.67. The van der Waals surface area contributed by atoms with Crippen molar-refractivity contribution in [3.8, 4) is 0 Å². The zero-order valence-corrected chi connectivity index (χ0v) is 10.3. The van der Waals surface area contributed by atoms with Gasteiger partial charge in [-0.2, -0.15) is 5.10 Å². The monoisotopic (exact) mass is 270 g/mol. The Balaban J connectivity index is 2.33. The fourth-order valence-electron chi connectivity index (χ4n) is 1.40. The largest absolute Gasteiger partial charge is 0.264 e. The zero-order chi connectivity index (χ0) is 13.2. The molecule has 2 N–H and O–H groups in total. The number of pyridine rings is 1. The molecule has 0 aromatic carbocycles. The number of hydrogen-bond acceptors (Lipinski definition) is 4. The molecule has 0 aliphatic heterocycles. The molecular formula is C10H11FN4O2S. The van der Waals surface area contributed by atoms with Crippen molar-refractivity contribution in [2.45, 2.75) is 18.2 Å². The van der Waals surface area contributed by atoms with E-state index in [1.54, 1.807) is 0 Å². The van der Waals surface area contributed by atoms with Crippen molar-refractivity contribution in [3.63, 3.8) is 0 Å². The molecule has 0 spiro atoms. The molecule has 6 nitrogen and oxygen atoms in total. The number of aryl methyl sites for hydroxylation is 1. The van der Waals surface area contributed by atoms with Crippen LogP contribution in [0.3, 0.4) is 0 Å². The Labute approximate surface area is 103 Å². The third kappa shape index (κ3) is 2.48. The van der Waals surface area contributed by atoms with Crippen molar-refractivity contribution < 1.29 is 12.8 Å². The van der Waals surface area contributed by atoms with E-state index in [1.807, 2.05) is 6.92 Å². The number of aromatic nitrogens is 3. The Hall–Kier alpha value is -1.96. The summed E-state index contributed by atoms with van der Waals surface area (Å²) < 4.78 is 39.2. The number of H-pyrrole nitrogens is 1. The molecule has 0 saturated heterocycles. The van der Waals surface area contributed by atoms with Gasteiger partial charge in [-0.25, -0.2) is 12.8 Å². The summed E-state index contributed by atoms with van der Waals surface area (Å²) in [6.07, 6.45) is 4.16. The number of halogens is 1. The van der Waals surface area contributed by atoms with Gasteiger partial charge in [0.05, 0.1) is 12.4 Å². The molecule has 18 heavy (non-hydrogen) atoms. The second-order valence-electron chi connectivity index (χ2n) is 3.57. The summed E-state index contributed by atoms with van der Waals surface area (Å²) in [4.78, 5) is 3.27. The Kier molecular flexibility index (Phi) is 3.28. The average Bonchev–Trinajstić information content (AvgIpc) is 2.75. The molecule has 0 saturated carbocycles. The molecule has 0 amide bonds. The van der Waals surface area contributed by atoms with Crippen LogP contribution in [0.5, 0.6) is 0 Å². The molecule has 0 fully saturated rings. The number of hydrogen-bond donors (Lipinski definition) is 2. The summed E-state index contributed by atoms with van der Waals surface area (Å²) in [5.74, 6) is -0.431. The van der Waals surface area contributed by atoms with E-state index < -0.39 is 15.8 Å². The predicted octanol–water partition coefficient (Wildman–Crippen LogP) is 1.31. The van der Waals surface area contributed by atoms with Crippen molar-refractivity contribution in [1.82, 2.24) is 15.2 Å². The zero-order valence-electron chi connectivity index (χ0n) is 9.51. The highest BCUT2D eigenvalue weighted by atomic mass is 32.2. The summed E-state index contributed by atoms with van der Waals surface area (Å²) in [7, 11) is -3.86. The van der Waals surface area contributed by atoms with E-state index in [2.05, 4.69) is 19.9 Å². The Morgan fingerprint density at radius 2 is 2.17 bits per heavy atom. The number of nitrogens with zero attached hydrogens (tertiary/aromatic N) is 2. The molecule has 0 unspecified atom stereocenters. The van der Waals surface area contributed by atoms with E-state index in [9.17, 15) is 12.8 Å². The highest BCUT2D eigenvalue weighted by Gasteiger charge is 2.17. The van der Waals surface area contributed by atoms with Crippen molar-refractivity contribution >= 4 is 15.8 Å². The highest BCUT2D eigenvalue weighted by molar-refractivity contribution is 7.92. The van der Waals surface area contributed by atoms with Gasteiger partial charge < -0.3 is 0 Å². The van der Waals surface area contributed by atoms with E-state index >= 15 is 0 Å². The van der Waals surface area contributed by atoms with Gasteiger partial charge in [0.15, 0.2) is 0 Å². The lowest BCUT2D eigenvalue weighted by molar-refractivity contribution is 0.592. The lowest BCUT2D eigenvalue weighted by Crippen LogP contribution is -2.14. The van der Waals surface area contributed by atoms with Crippen LogP contribution >= 0.6 is 0 Å². The van der Waals surface area contributed by atoms with Gasteiger partial charge in [-0.15, -0.1) is 0 Å². The van der Waals surface area contributed by atoms with E-state index in [0.717, 1.165) is 24.0 Å². The third-order valence-corrected chi connectivity index (χ3v) is 3.64. The highest BCUT2D eigenvalue weighted by Crippen LogP contribution is 2.17. The van der Waals surface area contributed by atoms with Crippen LogP contribution in [0.2, 0.25) is 0 Å². The van der Waals surface area contributed by atoms with Gasteiger partial charge in [0.25, 0.3) is 10.0 Å². The molecule has 2 rings (SSSR count). The SMILES string of the molecule is CCc1cn[nH]c1NS(=O)(=O)c1cncc(F)c1. The normalized spacial score (nSPS) is 11.4. The van der Waals surface area contributed by atoms with Gasteiger partial charge >= 0.3 is 0 Å². The number of sulfonamides is 1. The van der Waals surface area contributed by atoms with Gasteiger partial charge in [0, 0.05) is 11.8 Å². The number of nitrogens with one attached hydrogen (secondary N) is 2. The van der Waals surface area contributed by atoms with Crippen LogP contribution in [0, 0.1) is 5.82 Å². The molecular weight excluding hydrogens is 259 g/mol. The molecule has 8 heteroatoms. The van der Waals surface area contributed by atoms with Crippen LogP contribution in [0.15, 0.2) is 29.6 Å². The van der Waals surface area contributed by atoms with E-state index in [4.69, 9.17) is 0 Å². The standard InChI is InChI=1S/C10H11FN4O2S/c1-2-7-4-13-14-10(7)15-18(16,17)9-3-8(11)5-12-6-9/h3-6H,2H2,1H3,(H2,13,14,15). The fraction of sp³-hybridized carbons (Fsp3) is 0.200. The maximum Gasteiger partial charge on any atom is 0.264 e. The fourth-order valence-corrected chi connectivity index (χ4v) is 2.43. The molecule has 96 valence electrons. The van der Waals surface area contributed by atoms with Gasteiger partial charge in [-0.1, -0.05) is 6.92 Å². The minimum Gasteiger partial charge on any atom is -0.263 e. The van der Waals surface area contributed by atoms with Gasteiger partial charge in [0.2, 0.25) is 0 Å². The van der Waals surface area contributed by atoms with E-state index in [1.165, 1.54) is 6.20 Å². The molecule has 0 bridgehead atoms. The molecule has 2 aromatic heterocycles. The second-order valence-corrected chi connectivity index (χ2v) is 5.25. The minimum atomic E-state index is -3.86. The maximum atomic E-state index is 12.9. The van der Waals surface area contributed by atoms with Crippen LogP contribution < -0.4 is 4.72 Å². The van der Waals surface area contributed by atoms with Gasteiger partial charge in [-0.3, -0.25) is 14.8 Å². The lowest BCUT2D eigenvalue weighted by atomic mass is 10.3. The van der Waals surface area contributed by atoms with Crippen molar-refractivity contribution in [1.29, 1.82) is 0 Å². The van der Waals surface area contributed by atoms with Gasteiger partial charge in [0.1, 0.15) is 16.5 Å². The van der Waals surface area contributed by atoms with Crippen LogP contribution in [0.4, 0.5) is 10.2 Å². The average molecular weight is 270 g/mol. The summed E-state index contributed by atoms with van der Waals surface area (Å²) in [6, 6.07) is 0.900. The topological polar surface area (TPSA) is 87.7 Å². The van der Waals surface area contributed by atoms with Crippen molar-refractivity contribution in [2.75, 3.05) is 4.72 Å². The minimum absolute atomic E-state index is 0.237. The summed E-state index contributed by atoms with van der Waals surface area (Å²) in [5, 5.41) is 6.29. The summed E-state index contributed by atoms with van der Waals surface area (Å²) in [5.41, 5.74) is 0.725. The van der Waals surface area contributed by atoms with Crippen LogP contribution in [-0.2, 0) is 16.4 Å². The molecule has 2 heterocycles. The van der Waals surface area contributed by atoms with E-state index in [0.29, 0.717) is 6.42 Å². The number of aromatic amines is 1. The molecule has 0 radical (unpaired) electrons. The Morgan fingerprint density at radius 1 is 1.39 bits per heavy atom. The molecule has 0 atom stereocenters. The van der Waals surface area contributed by atoms with Crippen molar-refractivity contribution in [2.24, 2.45) is 0 Å². The Morgan fingerprint density at radius 3 is 2.83 bits per heavy atom. The smallest absolute Gasteiger partial charge is 0.263 e. The first kappa shape index (κ1) is 12.5. The number of anilines is 1. The summed E-state index contributed by atoms with van der Waals surface area (Å²) >= 11 is 0. The molecule has 2 aromatic rings. The third-order valence-electron chi connectivity index (χ3n) is 2.33. The van der Waals surface area contributed by atoms with Crippen LogP contribution in [-0.4, -0.2) is 23.6 Å². The quantitative estimate of drug-likeness (QED) is 0.876. The maximum absolute atomic E-state index is 12.9. The van der Waals surface area contributed by atoms with E-state index in [-0.39, 0.29) is 10.7 Å². The second kappa shape index (κ2) is 4.73. The van der Waals surface area contributed by atoms with Crippen molar-refractivity contribution in [3.05, 3.63) is 36.0 Å². The predicted molar refractivity (Wildman–Crippen MR) is 63.0 cm³/mol. The number of rotatable bonds is 4. The van der Waals surface area contributed by atoms with Gasteiger partial charge in [-0.05, 0) is 12.5 Å². The first-order valence-electron chi connectivity index (χ1n) is 5.18. The Bertz CT molecular complexity index is 653. The lowest BCUT2D eigenvalue weighted by Gasteiger charge is -2.07. The van der Waals surface area contributed by atoms with Crippen LogP contribution in [0.25, 0.3) is 0 Å². The molecule has 0 aliphatic rings. The summed E-state index contributed by atoms with van der Waals surface area (Å²) in [6.45, 7) is 1.87. The first-order chi connectivity index (χ1) is 8.53. The molecule has 0 aliphatic carbocycles. The van der Waals surface area contributed by atoms with Crippen LogP contribution in [0.1, 0.15) is 12.5 Å².